The van der Waals surface area contributed by atoms with Crippen molar-refractivity contribution in [2.75, 3.05) is 26.2 Å². The smallest absolute Gasteiger partial charge is 0.414 e. The Morgan fingerprint density at radius 2 is 1.50 bits per heavy atom. The Labute approximate surface area is 200 Å². The number of amides is 1. The first-order valence-electron chi connectivity index (χ1n) is 11.6. The van der Waals surface area contributed by atoms with Crippen molar-refractivity contribution in [3.8, 4) is 5.75 Å². The van der Waals surface area contributed by atoms with E-state index in [0.29, 0.717) is 19.1 Å². The van der Waals surface area contributed by atoms with Gasteiger partial charge in [-0.05, 0) is 63.0 Å². The Kier molecular flexibility index (Phi) is 11.1. The van der Waals surface area contributed by atoms with Gasteiger partial charge < -0.3 is 19.8 Å². The number of carbonyl (C=O) groups is 3. The highest BCUT2D eigenvalue weighted by molar-refractivity contribution is 6.27. The third-order valence-electron chi connectivity index (χ3n) is 5.67. The van der Waals surface area contributed by atoms with Gasteiger partial charge in [0.15, 0.2) is 0 Å². The summed E-state index contributed by atoms with van der Waals surface area (Å²) in [6.45, 7) is 9.14. The van der Waals surface area contributed by atoms with Crippen molar-refractivity contribution >= 4 is 17.8 Å². The monoisotopic (exact) mass is 470 g/mol. The summed E-state index contributed by atoms with van der Waals surface area (Å²) in [7, 11) is 0. The van der Waals surface area contributed by atoms with Crippen LogP contribution in [0.4, 0.5) is 0 Å². The first-order chi connectivity index (χ1) is 16.3. The molecule has 1 aliphatic heterocycles. The van der Waals surface area contributed by atoms with Crippen LogP contribution in [-0.2, 0) is 27.5 Å². The molecule has 8 nitrogen and oxygen atoms in total. The minimum absolute atomic E-state index is 0.153. The van der Waals surface area contributed by atoms with Gasteiger partial charge in [0.05, 0.1) is 6.61 Å². The van der Waals surface area contributed by atoms with Crippen LogP contribution in [-0.4, -0.2) is 64.1 Å². The number of likely N-dealkylation sites (tertiary alicyclic amines) is 1. The fourth-order valence-corrected chi connectivity index (χ4v) is 3.86. The van der Waals surface area contributed by atoms with Gasteiger partial charge in [-0.1, -0.05) is 42.5 Å². The molecule has 0 aliphatic carbocycles. The van der Waals surface area contributed by atoms with Gasteiger partial charge in [0.2, 0.25) is 5.91 Å². The molecule has 184 valence electrons. The van der Waals surface area contributed by atoms with E-state index in [9.17, 15) is 4.79 Å². The van der Waals surface area contributed by atoms with Crippen LogP contribution in [0.2, 0.25) is 0 Å². The molecule has 2 N–H and O–H groups in total. The Morgan fingerprint density at radius 3 is 2.00 bits per heavy atom. The number of carboxylic acid groups (broad SMARTS) is 2. The summed E-state index contributed by atoms with van der Waals surface area (Å²) in [5.41, 5.74) is 2.50. The molecular weight excluding hydrogens is 436 g/mol. The van der Waals surface area contributed by atoms with Crippen molar-refractivity contribution in [1.82, 2.24) is 9.80 Å². The maximum Gasteiger partial charge on any atom is 0.414 e. The second kappa shape index (κ2) is 14.0. The molecular formula is C26H34N2O6. The Balaban J connectivity index is 0.000000604. The van der Waals surface area contributed by atoms with E-state index in [-0.39, 0.29) is 5.92 Å². The number of ether oxygens (including phenoxy) is 1. The maximum absolute atomic E-state index is 13.0. The number of nitrogens with zero attached hydrogens (tertiary/aromatic N) is 2. The Bertz CT molecular complexity index is 897. The fraction of sp³-hybridized carbons (Fsp3) is 0.423. The minimum Gasteiger partial charge on any atom is -0.494 e. The maximum atomic E-state index is 13.0. The second-order valence-electron chi connectivity index (χ2n) is 8.08. The highest BCUT2D eigenvalue weighted by atomic mass is 16.5. The van der Waals surface area contributed by atoms with Gasteiger partial charge in [-0.3, -0.25) is 9.69 Å². The zero-order chi connectivity index (χ0) is 24.9. The van der Waals surface area contributed by atoms with E-state index in [1.165, 1.54) is 11.1 Å². The van der Waals surface area contributed by atoms with Crippen molar-refractivity contribution in [3.63, 3.8) is 0 Å². The van der Waals surface area contributed by atoms with E-state index in [1.807, 2.05) is 42.2 Å². The number of aliphatic carboxylic acids is 2. The molecule has 0 radical (unpaired) electrons. The van der Waals surface area contributed by atoms with E-state index in [0.717, 1.165) is 44.8 Å². The molecule has 0 atom stereocenters. The molecule has 34 heavy (non-hydrogen) atoms. The van der Waals surface area contributed by atoms with E-state index in [4.69, 9.17) is 24.5 Å². The number of carbonyl (C=O) groups excluding carboxylic acids is 1. The molecule has 2 aromatic carbocycles. The molecule has 1 saturated heterocycles. The van der Waals surface area contributed by atoms with Gasteiger partial charge in [0.1, 0.15) is 5.75 Å². The predicted molar refractivity (Wildman–Crippen MR) is 128 cm³/mol. The summed E-state index contributed by atoms with van der Waals surface area (Å²) in [4.78, 5) is 35.6. The van der Waals surface area contributed by atoms with Crippen molar-refractivity contribution in [2.24, 2.45) is 5.92 Å². The largest absolute Gasteiger partial charge is 0.494 e. The van der Waals surface area contributed by atoms with Gasteiger partial charge in [-0.25, -0.2) is 9.59 Å². The van der Waals surface area contributed by atoms with Crippen molar-refractivity contribution in [2.45, 2.75) is 39.8 Å². The number of carboxylic acids is 2. The predicted octanol–water partition coefficient (Wildman–Crippen LogP) is 3.50. The molecule has 2 aromatic rings. The lowest BCUT2D eigenvalue weighted by molar-refractivity contribution is -0.159. The fourth-order valence-electron chi connectivity index (χ4n) is 3.86. The quantitative estimate of drug-likeness (QED) is 0.569. The van der Waals surface area contributed by atoms with Crippen LogP contribution in [0.25, 0.3) is 0 Å². The number of piperidine rings is 1. The summed E-state index contributed by atoms with van der Waals surface area (Å²) in [5, 5.41) is 14.8. The summed E-state index contributed by atoms with van der Waals surface area (Å²) in [6, 6.07) is 18.6. The normalized spacial score (nSPS) is 13.9. The van der Waals surface area contributed by atoms with Crippen LogP contribution in [0, 0.1) is 5.92 Å². The zero-order valence-corrected chi connectivity index (χ0v) is 19.9. The lowest BCUT2D eigenvalue weighted by Gasteiger charge is -2.34. The van der Waals surface area contributed by atoms with Gasteiger partial charge >= 0.3 is 11.9 Å². The van der Waals surface area contributed by atoms with Crippen LogP contribution in [0.5, 0.6) is 5.75 Å². The number of hydrogen-bond acceptors (Lipinski definition) is 5. The van der Waals surface area contributed by atoms with Crippen molar-refractivity contribution in [1.29, 1.82) is 0 Å². The lowest BCUT2D eigenvalue weighted by atomic mass is 9.94. The molecule has 3 rings (SSSR count). The summed E-state index contributed by atoms with van der Waals surface area (Å²) in [6.07, 6.45) is 1.89. The third kappa shape index (κ3) is 8.86. The number of rotatable bonds is 8. The number of hydrogen-bond donors (Lipinski definition) is 2. The molecule has 1 fully saturated rings. The molecule has 0 aromatic heterocycles. The Morgan fingerprint density at radius 1 is 0.912 bits per heavy atom. The van der Waals surface area contributed by atoms with E-state index >= 15 is 0 Å². The van der Waals surface area contributed by atoms with E-state index in [1.54, 1.807) is 0 Å². The van der Waals surface area contributed by atoms with Crippen LogP contribution < -0.4 is 4.74 Å². The summed E-state index contributed by atoms with van der Waals surface area (Å²) in [5.74, 6) is -2.26. The average molecular weight is 471 g/mol. The van der Waals surface area contributed by atoms with Gasteiger partial charge in [-0.2, -0.15) is 0 Å². The molecule has 0 bridgehead atoms. The molecule has 8 heteroatoms. The topological polar surface area (TPSA) is 107 Å². The van der Waals surface area contributed by atoms with Gasteiger partial charge in [-0.15, -0.1) is 0 Å². The summed E-state index contributed by atoms with van der Waals surface area (Å²) < 4.78 is 5.51. The first-order valence-corrected chi connectivity index (χ1v) is 11.6. The molecule has 0 saturated carbocycles. The molecule has 1 amide bonds. The van der Waals surface area contributed by atoms with Crippen LogP contribution in [0.1, 0.15) is 37.8 Å². The standard InChI is InChI=1S/C24H32N2O2.C2H2O4/c1-3-26(19-20-8-6-5-7-9-20)24(27)22-14-16-25(17-15-22)18-21-10-12-23(13-11-21)28-4-2;3-1(4)2(5)6/h5-13,22H,3-4,14-19H2,1-2H3;(H,3,4)(H,5,6). The van der Waals surface area contributed by atoms with Crippen molar-refractivity contribution in [3.05, 3.63) is 65.7 Å². The van der Waals surface area contributed by atoms with Crippen LogP contribution in [0.3, 0.4) is 0 Å². The van der Waals surface area contributed by atoms with E-state index in [2.05, 4.69) is 36.1 Å². The van der Waals surface area contributed by atoms with E-state index < -0.39 is 11.9 Å². The minimum atomic E-state index is -1.82. The second-order valence-corrected chi connectivity index (χ2v) is 8.08. The summed E-state index contributed by atoms with van der Waals surface area (Å²) >= 11 is 0. The van der Waals surface area contributed by atoms with Crippen molar-refractivity contribution < 1.29 is 29.3 Å². The molecule has 0 unspecified atom stereocenters. The molecule has 1 heterocycles. The first kappa shape index (κ1) is 26.9. The van der Waals surface area contributed by atoms with Crippen LogP contribution in [0.15, 0.2) is 54.6 Å². The van der Waals surface area contributed by atoms with Gasteiger partial charge in [0.25, 0.3) is 0 Å². The van der Waals surface area contributed by atoms with Gasteiger partial charge in [0, 0.05) is 25.6 Å². The van der Waals surface area contributed by atoms with Crippen LogP contribution >= 0.6 is 0 Å². The molecule has 0 spiro atoms. The molecule has 1 aliphatic rings. The average Bonchev–Trinajstić information content (AvgIpc) is 2.85. The number of benzene rings is 2. The highest BCUT2D eigenvalue weighted by Gasteiger charge is 2.28. The lowest BCUT2D eigenvalue weighted by Crippen LogP contribution is -2.42. The SMILES string of the molecule is CCOc1ccc(CN2CCC(C(=O)N(CC)Cc3ccccc3)CC2)cc1.O=C(O)C(=O)O. The zero-order valence-electron chi connectivity index (χ0n) is 19.9. The third-order valence-corrected chi connectivity index (χ3v) is 5.67. The highest BCUT2D eigenvalue weighted by Crippen LogP contribution is 2.23. The Hall–Kier alpha value is -3.39.